The Morgan fingerprint density at radius 2 is 1.28 bits per heavy atom. The summed E-state index contributed by atoms with van der Waals surface area (Å²) in [5, 5.41) is 10.1. The van der Waals surface area contributed by atoms with Gasteiger partial charge in [0.05, 0.1) is 5.54 Å². The van der Waals surface area contributed by atoms with Crippen LogP contribution in [0.4, 0.5) is 9.59 Å². The van der Waals surface area contributed by atoms with E-state index in [0.29, 0.717) is 0 Å². The molecule has 2 amide bonds. The van der Waals surface area contributed by atoms with E-state index in [9.17, 15) is 9.59 Å². The largest absolute Gasteiger partial charge is 0.444 e. The Balaban J connectivity index is 1.73. The van der Waals surface area contributed by atoms with Crippen LogP contribution in [0.25, 0.3) is 0 Å². The average Bonchev–Trinajstić information content (AvgIpc) is 2.92. The zero-order chi connectivity index (χ0) is 21.5. The van der Waals surface area contributed by atoms with E-state index in [-0.39, 0.29) is 35.2 Å². The molecule has 7 nitrogen and oxygen atoms in total. The van der Waals surface area contributed by atoms with Crippen LogP contribution in [0.2, 0.25) is 0 Å². The summed E-state index contributed by atoms with van der Waals surface area (Å²) in [6.45, 7) is 12.2. The molecule has 0 bridgehead atoms. The molecule has 2 atom stereocenters. The minimum absolute atomic E-state index is 0.124. The maximum atomic E-state index is 12.6. The third-order valence-electron chi connectivity index (χ3n) is 6.52. The molecule has 0 aromatic heterocycles. The van der Waals surface area contributed by atoms with Gasteiger partial charge in [0.25, 0.3) is 0 Å². The second-order valence-electron chi connectivity index (χ2n) is 11.1. The highest BCUT2D eigenvalue weighted by Gasteiger charge is 2.58. The predicted octanol–water partition coefficient (Wildman–Crippen LogP) is 3.86. The van der Waals surface area contributed by atoms with Crippen molar-refractivity contribution in [2.45, 2.75) is 115 Å². The molecule has 1 saturated heterocycles. The van der Waals surface area contributed by atoms with E-state index in [2.05, 4.69) is 16.0 Å². The van der Waals surface area contributed by atoms with Crippen molar-refractivity contribution in [2.75, 3.05) is 6.54 Å². The zero-order valence-electron chi connectivity index (χ0n) is 18.9. The van der Waals surface area contributed by atoms with Gasteiger partial charge in [-0.05, 0) is 93.0 Å². The normalized spacial score (nSPS) is 27.9. The van der Waals surface area contributed by atoms with Crippen molar-refractivity contribution in [3.05, 3.63) is 0 Å². The zero-order valence-corrected chi connectivity index (χ0v) is 18.9. The summed E-state index contributed by atoms with van der Waals surface area (Å²) in [4.78, 5) is 25.1. The third kappa shape index (κ3) is 4.98. The Bertz CT molecular complexity index is 573. The second-order valence-corrected chi connectivity index (χ2v) is 11.1. The number of carbonyl (C=O) groups excluding carboxylic acids is 2. The summed E-state index contributed by atoms with van der Waals surface area (Å²) in [6, 6.07) is 0.124. The number of hydrogen-bond acceptors (Lipinski definition) is 5. The Labute approximate surface area is 175 Å². The van der Waals surface area contributed by atoms with Crippen LogP contribution in [0.5, 0.6) is 0 Å². The number of nitrogens with one attached hydrogen (secondary N) is 3. The summed E-state index contributed by atoms with van der Waals surface area (Å²) >= 11 is 0. The van der Waals surface area contributed by atoms with Gasteiger partial charge in [0, 0.05) is 17.5 Å². The van der Waals surface area contributed by atoms with Gasteiger partial charge in [-0.25, -0.2) is 9.59 Å². The molecule has 2 saturated carbocycles. The molecule has 2 aliphatic carbocycles. The van der Waals surface area contributed by atoms with Gasteiger partial charge in [0.15, 0.2) is 0 Å². The number of ether oxygens (including phenoxy) is 2. The number of alkyl carbamates (subject to hydrolysis) is 2. The summed E-state index contributed by atoms with van der Waals surface area (Å²) in [6.07, 6.45) is 6.26. The Morgan fingerprint density at radius 1 is 0.828 bits per heavy atom. The maximum absolute atomic E-state index is 12.6. The lowest BCUT2D eigenvalue weighted by Gasteiger charge is -2.55. The summed E-state index contributed by atoms with van der Waals surface area (Å²) in [7, 11) is 0. The molecule has 3 aliphatic rings. The van der Waals surface area contributed by atoms with Crippen LogP contribution in [0, 0.1) is 5.92 Å². The van der Waals surface area contributed by atoms with Gasteiger partial charge in [0.1, 0.15) is 11.2 Å². The highest BCUT2D eigenvalue weighted by molar-refractivity contribution is 5.70. The molecular weight excluding hydrogens is 370 g/mol. The predicted molar refractivity (Wildman–Crippen MR) is 112 cm³/mol. The molecule has 3 fully saturated rings. The number of carbonyl (C=O) groups is 2. The smallest absolute Gasteiger partial charge is 0.408 e. The van der Waals surface area contributed by atoms with E-state index < -0.39 is 11.2 Å². The first-order valence-corrected chi connectivity index (χ1v) is 11.1. The van der Waals surface area contributed by atoms with Crippen LogP contribution in [-0.2, 0) is 9.47 Å². The van der Waals surface area contributed by atoms with Gasteiger partial charge in [0.2, 0.25) is 0 Å². The lowest BCUT2D eigenvalue weighted by atomic mass is 9.59. The Kier molecular flexibility index (Phi) is 5.84. The SMILES string of the molecule is CC(C)(C)OC(=O)NC1(C2CCNC2C2(NC(=O)OC(C)(C)C)CCC2)CCC1. The molecule has 1 heterocycles. The lowest BCUT2D eigenvalue weighted by Crippen LogP contribution is -2.71. The van der Waals surface area contributed by atoms with Crippen molar-refractivity contribution in [2.24, 2.45) is 5.92 Å². The van der Waals surface area contributed by atoms with Crippen LogP contribution < -0.4 is 16.0 Å². The average molecular weight is 410 g/mol. The first kappa shape index (κ1) is 22.2. The van der Waals surface area contributed by atoms with Gasteiger partial charge in [-0.15, -0.1) is 0 Å². The van der Waals surface area contributed by atoms with E-state index in [0.717, 1.165) is 51.5 Å². The van der Waals surface area contributed by atoms with Crippen molar-refractivity contribution < 1.29 is 19.1 Å². The fourth-order valence-electron chi connectivity index (χ4n) is 5.11. The number of hydrogen-bond donors (Lipinski definition) is 3. The molecule has 7 heteroatoms. The van der Waals surface area contributed by atoms with E-state index in [4.69, 9.17) is 9.47 Å². The summed E-state index contributed by atoms with van der Waals surface area (Å²) in [5.41, 5.74) is -1.60. The van der Waals surface area contributed by atoms with Gasteiger partial charge in [-0.1, -0.05) is 0 Å². The Hall–Kier alpha value is -1.50. The van der Waals surface area contributed by atoms with Crippen molar-refractivity contribution in [3.63, 3.8) is 0 Å². The van der Waals surface area contributed by atoms with E-state index in [1.165, 1.54) is 0 Å². The van der Waals surface area contributed by atoms with Crippen molar-refractivity contribution in [1.82, 2.24) is 16.0 Å². The lowest BCUT2D eigenvalue weighted by molar-refractivity contribution is 0.00123. The standard InChI is InChI=1S/C22H39N3O4/c1-19(2,3)28-17(26)24-21(10-7-11-21)15-9-14-23-16(15)22(12-8-13-22)25-18(27)29-20(4,5)6/h15-16,23H,7-14H2,1-6H3,(H,24,26)(H,25,27). The monoisotopic (exact) mass is 409 g/mol. The van der Waals surface area contributed by atoms with Crippen LogP contribution >= 0.6 is 0 Å². The first-order chi connectivity index (χ1) is 13.3. The van der Waals surface area contributed by atoms with Crippen LogP contribution in [0.15, 0.2) is 0 Å². The first-order valence-electron chi connectivity index (χ1n) is 11.1. The van der Waals surface area contributed by atoms with Crippen molar-refractivity contribution >= 4 is 12.2 Å². The fraction of sp³-hybridized carbons (Fsp3) is 0.909. The van der Waals surface area contributed by atoms with Gasteiger partial charge >= 0.3 is 12.2 Å². The Morgan fingerprint density at radius 3 is 1.66 bits per heavy atom. The molecule has 2 unspecified atom stereocenters. The van der Waals surface area contributed by atoms with Crippen LogP contribution in [0.3, 0.4) is 0 Å². The van der Waals surface area contributed by atoms with E-state index in [1.54, 1.807) is 0 Å². The molecule has 29 heavy (non-hydrogen) atoms. The van der Waals surface area contributed by atoms with E-state index >= 15 is 0 Å². The highest BCUT2D eigenvalue weighted by Crippen LogP contribution is 2.49. The van der Waals surface area contributed by atoms with Gasteiger partial charge in [-0.3, -0.25) is 0 Å². The molecule has 1 aliphatic heterocycles. The fourth-order valence-corrected chi connectivity index (χ4v) is 5.11. The molecule has 0 radical (unpaired) electrons. The molecule has 166 valence electrons. The third-order valence-corrected chi connectivity index (χ3v) is 6.52. The quantitative estimate of drug-likeness (QED) is 0.656. The number of rotatable bonds is 4. The van der Waals surface area contributed by atoms with Gasteiger partial charge < -0.3 is 25.4 Å². The molecule has 0 aromatic carbocycles. The van der Waals surface area contributed by atoms with Crippen molar-refractivity contribution in [1.29, 1.82) is 0 Å². The minimum Gasteiger partial charge on any atom is -0.444 e. The second kappa shape index (κ2) is 7.64. The maximum Gasteiger partial charge on any atom is 0.408 e. The highest BCUT2D eigenvalue weighted by atomic mass is 16.6. The van der Waals surface area contributed by atoms with Crippen LogP contribution in [0.1, 0.15) is 86.5 Å². The van der Waals surface area contributed by atoms with Crippen LogP contribution in [-0.4, -0.2) is 47.1 Å². The molecule has 0 spiro atoms. The summed E-state index contributed by atoms with van der Waals surface area (Å²) in [5.74, 6) is 0.263. The molecule has 3 N–H and O–H groups in total. The minimum atomic E-state index is -0.523. The molecule has 0 aromatic rings. The molecular formula is C22H39N3O4. The molecule has 3 rings (SSSR count). The summed E-state index contributed by atoms with van der Waals surface area (Å²) < 4.78 is 11.1. The van der Waals surface area contributed by atoms with Gasteiger partial charge in [-0.2, -0.15) is 0 Å². The topological polar surface area (TPSA) is 88.7 Å². The number of amides is 2. The van der Waals surface area contributed by atoms with Crippen molar-refractivity contribution in [3.8, 4) is 0 Å². The van der Waals surface area contributed by atoms with E-state index in [1.807, 2.05) is 41.5 Å².